The van der Waals surface area contributed by atoms with Crippen molar-refractivity contribution in [2.75, 3.05) is 7.05 Å². The first-order chi connectivity index (χ1) is 9.87. The van der Waals surface area contributed by atoms with Gasteiger partial charge in [-0.15, -0.1) is 11.3 Å². The average Bonchev–Trinajstić information content (AvgIpc) is 3.00. The molecule has 1 aromatic carbocycles. The molecule has 0 aliphatic rings. The van der Waals surface area contributed by atoms with E-state index < -0.39 is 22.4 Å². The Bertz CT molecular complexity index is 714. The van der Waals surface area contributed by atoms with E-state index in [2.05, 4.69) is 0 Å². The van der Waals surface area contributed by atoms with Gasteiger partial charge in [-0.25, -0.2) is 12.8 Å². The van der Waals surface area contributed by atoms with Gasteiger partial charge in [0.25, 0.3) is 0 Å². The molecule has 0 radical (unpaired) electrons. The van der Waals surface area contributed by atoms with Crippen molar-refractivity contribution in [3.63, 3.8) is 0 Å². The molecular formula is C14H16FNO3S2. The number of hydrogen-bond acceptors (Lipinski definition) is 4. The zero-order valence-corrected chi connectivity index (χ0v) is 13.3. The van der Waals surface area contributed by atoms with E-state index >= 15 is 0 Å². The van der Waals surface area contributed by atoms with Crippen molar-refractivity contribution >= 4 is 21.4 Å². The molecule has 114 valence electrons. The predicted octanol–water partition coefficient (Wildman–Crippen LogP) is 2.76. The van der Waals surface area contributed by atoms with Gasteiger partial charge in [-0.2, -0.15) is 4.31 Å². The van der Waals surface area contributed by atoms with Crippen molar-refractivity contribution < 1.29 is 17.9 Å². The molecule has 0 aliphatic carbocycles. The van der Waals surface area contributed by atoms with Crippen molar-refractivity contribution in [2.45, 2.75) is 24.5 Å². The monoisotopic (exact) mass is 329 g/mol. The minimum atomic E-state index is -3.75. The third-order valence-corrected chi connectivity index (χ3v) is 6.33. The van der Waals surface area contributed by atoms with Crippen molar-refractivity contribution in [1.82, 2.24) is 4.31 Å². The molecule has 0 fully saturated rings. The Hall–Kier alpha value is -1.28. The summed E-state index contributed by atoms with van der Waals surface area (Å²) in [5.74, 6) is -0.620. The van der Waals surface area contributed by atoms with Gasteiger partial charge in [0.2, 0.25) is 10.0 Å². The summed E-state index contributed by atoms with van der Waals surface area (Å²) in [4.78, 5) is 0.893. The van der Waals surface area contributed by atoms with Crippen LogP contribution < -0.4 is 0 Å². The summed E-state index contributed by atoms with van der Waals surface area (Å²) in [7, 11) is -2.26. The summed E-state index contributed by atoms with van der Waals surface area (Å²) in [6, 6.07) is 6.84. The lowest BCUT2D eigenvalue weighted by atomic mass is 10.2. The standard InChI is InChI=1S/C14H16FNO3S2/c1-10(14-4-3-7-20-14)16(2)21(18,19)12-5-6-13(15)11(8-12)9-17/h3-8,10,17H,9H2,1-2H3. The molecule has 0 spiro atoms. The summed E-state index contributed by atoms with van der Waals surface area (Å²) in [6.45, 7) is 1.25. The van der Waals surface area contributed by atoms with Gasteiger partial charge in [0.15, 0.2) is 0 Å². The second-order valence-electron chi connectivity index (χ2n) is 4.62. The third-order valence-electron chi connectivity index (χ3n) is 3.36. The molecule has 7 heteroatoms. The van der Waals surface area contributed by atoms with Crippen LogP contribution in [-0.4, -0.2) is 24.9 Å². The van der Waals surface area contributed by atoms with Gasteiger partial charge in [0.05, 0.1) is 17.5 Å². The minimum absolute atomic E-state index is 0.0288. The molecule has 0 saturated heterocycles. The van der Waals surface area contributed by atoms with Crippen molar-refractivity contribution in [3.8, 4) is 0 Å². The van der Waals surface area contributed by atoms with Gasteiger partial charge in [0, 0.05) is 17.5 Å². The van der Waals surface area contributed by atoms with Crippen LogP contribution in [0, 0.1) is 5.82 Å². The smallest absolute Gasteiger partial charge is 0.243 e. The second-order valence-corrected chi connectivity index (χ2v) is 7.60. The summed E-state index contributed by atoms with van der Waals surface area (Å²) < 4.78 is 39.8. The molecular weight excluding hydrogens is 313 g/mol. The summed E-state index contributed by atoms with van der Waals surface area (Å²) in [5, 5.41) is 10.9. The Morgan fingerprint density at radius 3 is 2.67 bits per heavy atom. The number of rotatable bonds is 5. The fraction of sp³-hybridized carbons (Fsp3) is 0.286. The maximum atomic E-state index is 13.4. The highest BCUT2D eigenvalue weighted by Gasteiger charge is 2.27. The van der Waals surface area contributed by atoms with Crippen molar-refractivity contribution in [2.24, 2.45) is 0 Å². The summed E-state index contributed by atoms with van der Waals surface area (Å²) in [6.07, 6.45) is 0. The van der Waals surface area contributed by atoms with Crippen LogP contribution in [-0.2, 0) is 16.6 Å². The normalized spacial score (nSPS) is 13.6. The number of nitrogens with zero attached hydrogens (tertiary/aromatic N) is 1. The average molecular weight is 329 g/mol. The SMILES string of the molecule is CC(c1cccs1)N(C)S(=O)(=O)c1ccc(F)c(CO)c1. The topological polar surface area (TPSA) is 57.6 Å². The fourth-order valence-electron chi connectivity index (χ4n) is 1.92. The van der Waals surface area contributed by atoms with Crippen LogP contribution in [0.25, 0.3) is 0 Å². The van der Waals surface area contributed by atoms with E-state index in [1.54, 1.807) is 6.92 Å². The number of benzene rings is 1. The molecule has 0 amide bonds. The predicted molar refractivity (Wildman–Crippen MR) is 80.0 cm³/mol. The molecule has 2 aromatic rings. The molecule has 1 heterocycles. The molecule has 1 unspecified atom stereocenters. The van der Waals surface area contributed by atoms with E-state index in [0.29, 0.717) is 0 Å². The van der Waals surface area contributed by atoms with Gasteiger partial charge in [-0.3, -0.25) is 0 Å². The van der Waals surface area contributed by atoms with Crippen molar-refractivity contribution in [1.29, 1.82) is 0 Å². The molecule has 2 rings (SSSR count). The number of halogens is 1. The molecule has 1 atom stereocenters. The van der Waals surface area contributed by atoms with Crippen LogP contribution in [0.5, 0.6) is 0 Å². The number of hydrogen-bond donors (Lipinski definition) is 1. The molecule has 0 bridgehead atoms. The first-order valence-electron chi connectivity index (χ1n) is 6.28. The van der Waals surface area contributed by atoms with Crippen LogP contribution in [0.15, 0.2) is 40.6 Å². The maximum absolute atomic E-state index is 13.4. The van der Waals surface area contributed by atoms with E-state index in [0.717, 1.165) is 10.9 Å². The Labute approximate surface area is 127 Å². The largest absolute Gasteiger partial charge is 0.392 e. The zero-order chi connectivity index (χ0) is 15.6. The number of thiophene rings is 1. The van der Waals surface area contributed by atoms with E-state index in [9.17, 15) is 12.8 Å². The Balaban J connectivity index is 2.37. The zero-order valence-electron chi connectivity index (χ0n) is 11.7. The summed E-state index contributed by atoms with van der Waals surface area (Å²) in [5.41, 5.74) is -0.0340. The summed E-state index contributed by atoms with van der Waals surface area (Å²) >= 11 is 1.47. The number of aliphatic hydroxyl groups is 1. The lowest BCUT2D eigenvalue weighted by Gasteiger charge is -2.23. The third kappa shape index (κ3) is 3.16. The van der Waals surface area contributed by atoms with E-state index in [4.69, 9.17) is 5.11 Å². The Morgan fingerprint density at radius 1 is 1.38 bits per heavy atom. The molecule has 1 N–H and O–H groups in total. The van der Waals surface area contributed by atoms with Gasteiger partial charge >= 0.3 is 0 Å². The van der Waals surface area contributed by atoms with Gasteiger partial charge in [-0.1, -0.05) is 6.07 Å². The van der Waals surface area contributed by atoms with Gasteiger partial charge in [-0.05, 0) is 36.6 Å². The first kappa shape index (κ1) is 16.1. The van der Waals surface area contributed by atoms with E-state index in [1.165, 1.54) is 34.8 Å². The lowest BCUT2D eigenvalue weighted by molar-refractivity contribution is 0.275. The molecule has 0 aliphatic heterocycles. The van der Waals surface area contributed by atoms with Gasteiger partial charge in [0.1, 0.15) is 5.82 Å². The fourth-order valence-corrected chi connectivity index (χ4v) is 4.20. The molecule has 21 heavy (non-hydrogen) atoms. The minimum Gasteiger partial charge on any atom is -0.392 e. The van der Waals surface area contributed by atoms with E-state index in [-0.39, 0.29) is 16.5 Å². The van der Waals surface area contributed by atoms with Crippen LogP contribution in [0.2, 0.25) is 0 Å². The highest BCUT2D eigenvalue weighted by molar-refractivity contribution is 7.89. The first-order valence-corrected chi connectivity index (χ1v) is 8.60. The second kappa shape index (κ2) is 6.23. The highest BCUT2D eigenvalue weighted by Crippen LogP contribution is 2.29. The lowest BCUT2D eigenvalue weighted by Crippen LogP contribution is -2.29. The maximum Gasteiger partial charge on any atom is 0.243 e. The quantitative estimate of drug-likeness (QED) is 0.918. The van der Waals surface area contributed by atoms with Crippen LogP contribution in [0.3, 0.4) is 0 Å². The van der Waals surface area contributed by atoms with Crippen LogP contribution in [0.1, 0.15) is 23.4 Å². The van der Waals surface area contributed by atoms with Gasteiger partial charge < -0.3 is 5.11 Å². The van der Waals surface area contributed by atoms with Crippen molar-refractivity contribution in [3.05, 3.63) is 52.0 Å². The van der Waals surface area contributed by atoms with Crippen LogP contribution >= 0.6 is 11.3 Å². The Morgan fingerprint density at radius 2 is 2.10 bits per heavy atom. The van der Waals surface area contributed by atoms with E-state index in [1.807, 2.05) is 17.5 Å². The van der Waals surface area contributed by atoms with Crippen LogP contribution in [0.4, 0.5) is 4.39 Å². The molecule has 4 nitrogen and oxygen atoms in total. The molecule has 1 aromatic heterocycles. The highest BCUT2D eigenvalue weighted by atomic mass is 32.2. The number of aliphatic hydroxyl groups excluding tert-OH is 1. The number of sulfonamides is 1. The Kier molecular flexibility index (Phi) is 4.77. The molecule has 0 saturated carbocycles.